The van der Waals surface area contributed by atoms with E-state index in [0.29, 0.717) is 12.5 Å². The molecule has 0 aromatic rings. The van der Waals surface area contributed by atoms with Gasteiger partial charge in [-0.25, -0.2) is 4.79 Å². The van der Waals surface area contributed by atoms with E-state index in [-0.39, 0.29) is 18.2 Å². The standard InChI is InChI=1S/C11H22N2O4/c1-7(2)3-8(5-12)4-10(15)13-9(6-14)11(16)17/h7-9,14H,3-6,12H2,1-2H3,(H,13,15)(H,16,17)/t8-,9+/m0/s1. The molecule has 1 amide bonds. The van der Waals surface area contributed by atoms with Crippen LogP contribution in [0.4, 0.5) is 0 Å². The molecule has 0 radical (unpaired) electrons. The second-order valence-electron chi connectivity index (χ2n) is 4.58. The van der Waals surface area contributed by atoms with Crippen LogP contribution in [0.1, 0.15) is 26.7 Å². The van der Waals surface area contributed by atoms with Gasteiger partial charge in [0.1, 0.15) is 6.04 Å². The first kappa shape index (κ1) is 15.9. The maximum atomic E-state index is 11.5. The maximum Gasteiger partial charge on any atom is 0.328 e. The maximum absolute atomic E-state index is 11.5. The highest BCUT2D eigenvalue weighted by Crippen LogP contribution is 2.14. The third-order valence-electron chi connectivity index (χ3n) is 2.43. The zero-order valence-corrected chi connectivity index (χ0v) is 10.3. The molecule has 0 unspecified atom stereocenters. The number of aliphatic hydroxyl groups is 1. The molecule has 0 aliphatic heterocycles. The lowest BCUT2D eigenvalue weighted by Gasteiger charge is -2.18. The Morgan fingerprint density at radius 1 is 1.35 bits per heavy atom. The number of aliphatic hydroxyl groups excluding tert-OH is 1. The smallest absolute Gasteiger partial charge is 0.328 e. The van der Waals surface area contributed by atoms with Crippen LogP contribution in [-0.2, 0) is 9.59 Å². The van der Waals surface area contributed by atoms with E-state index in [0.717, 1.165) is 6.42 Å². The van der Waals surface area contributed by atoms with E-state index >= 15 is 0 Å². The van der Waals surface area contributed by atoms with Crippen molar-refractivity contribution in [3.63, 3.8) is 0 Å². The molecule has 0 aromatic heterocycles. The average molecular weight is 246 g/mol. The molecule has 100 valence electrons. The Bertz CT molecular complexity index is 256. The number of carboxylic acids is 1. The second kappa shape index (κ2) is 8.03. The van der Waals surface area contributed by atoms with Crippen molar-refractivity contribution in [1.82, 2.24) is 5.32 Å². The first-order valence-corrected chi connectivity index (χ1v) is 5.73. The fourth-order valence-corrected chi connectivity index (χ4v) is 1.63. The summed E-state index contributed by atoms with van der Waals surface area (Å²) in [5.41, 5.74) is 5.55. The molecule has 0 spiro atoms. The van der Waals surface area contributed by atoms with Gasteiger partial charge in [0.05, 0.1) is 6.61 Å². The number of hydrogen-bond acceptors (Lipinski definition) is 4. The number of carbonyl (C=O) groups excluding carboxylic acids is 1. The average Bonchev–Trinajstić information content (AvgIpc) is 2.23. The van der Waals surface area contributed by atoms with Crippen LogP contribution in [0, 0.1) is 11.8 Å². The molecule has 0 aliphatic rings. The highest BCUT2D eigenvalue weighted by atomic mass is 16.4. The Kier molecular flexibility index (Phi) is 7.49. The summed E-state index contributed by atoms with van der Waals surface area (Å²) in [6, 6.07) is -1.24. The summed E-state index contributed by atoms with van der Waals surface area (Å²) < 4.78 is 0. The number of nitrogens with two attached hydrogens (primary N) is 1. The van der Waals surface area contributed by atoms with Gasteiger partial charge in [-0.2, -0.15) is 0 Å². The van der Waals surface area contributed by atoms with Crippen molar-refractivity contribution in [3.05, 3.63) is 0 Å². The Morgan fingerprint density at radius 3 is 2.29 bits per heavy atom. The quantitative estimate of drug-likeness (QED) is 0.464. The molecule has 5 N–H and O–H groups in total. The molecule has 17 heavy (non-hydrogen) atoms. The summed E-state index contributed by atoms with van der Waals surface area (Å²) in [6.07, 6.45) is 1.01. The van der Waals surface area contributed by atoms with E-state index in [1.165, 1.54) is 0 Å². The predicted octanol–water partition coefficient (Wildman–Crippen LogP) is -0.441. The zero-order chi connectivity index (χ0) is 13.4. The molecule has 6 nitrogen and oxygen atoms in total. The lowest BCUT2D eigenvalue weighted by Crippen LogP contribution is -2.44. The van der Waals surface area contributed by atoms with Gasteiger partial charge in [0.25, 0.3) is 0 Å². The van der Waals surface area contributed by atoms with Crippen LogP contribution in [0.5, 0.6) is 0 Å². The summed E-state index contributed by atoms with van der Waals surface area (Å²) in [5.74, 6) is -1.15. The topological polar surface area (TPSA) is 113 Å². The van der Waals surface area contributed by atoms with Gasteiger partial charge < -0.3 is 21.3 Å². The third kappa shape index (κ3) is 6.91. The van der Waals surface area contributed by atoms with Gasteiger partial charge in [-0.1, -0.05) is 13.8 Å². The highest BCUT2D eigenvalue weighted by molar-refractivity contribution is 5.83. The van der Waals surface area contributed by atoms with E-state index in [1.54, 1.807) is 0 Å². The van der Waals surface area contributed by atoms with E-state index in [4.69, 9.17) is 15.9 Å². The minimum absolute atomic E-state index is 0.0446. The van der Waals surface area contributed by atoms with Crippen LogP contribution >= 0.6 is 0 Å². The van der Waals surface area contributed by atoms with Gasteiger partial charge in [0.15, 0.2) is 0 Å². The van der Waals surface area contributed by atoms with Crippen molar-refractivity contribution in [3.8, 4) is 0 Å². The summed E-state index contributed by atoms with van der Waals surface area (Å²) in [7, 11) is 0. The van der Waals surface area contributed by atoms with Crippen molar-refractivity contribution >= 4 is 11.9 Å². The molecule has 0 aromatic carbocycles. The fraction of sp³-hybridized carbons (Fsp3) is 0.818. The second-order valence-corrected chi connectivity index (χ2v) is 4.58. The number of amides is 1. The van der Waals surface area contributed by atoms with Crippen LogP contribution in [-0.4, -0.2) is 41.3 Å². The largest absolute Gasteiger partial charge is 0.480 e. The molecule has 0 aliphatic carbocycles. The highest BCUT2D eigenvalue weighted by Gasteiger charge is 2.21. The first-order valence-electron chi connectivity index (χ1n) is 5.73. The summed E-state index contributed by atoms with van der Waals surface area (Å²) in [5, 5.41) is 19.7. The Hall–Kier alpha value is -1.14. The van der Waals surface area contributed by atoms with E-state index < -0.39 is 18.6 Å². The van der Waals surface area contributed by atoms with Crippen molar-refractivity contribution < 1.29 is 19.8 Å². The van der Waals surface area contributed by atoms with E-state index in [9.17, 15) is 9.59 Å². The van der Waals surface area contributed by atoms with E-state index in [2.05, 4.69) is 5.32 Å². The molecule has 0 fully saturated rings. The lowest BCUT2D eigenvalue weighted by atomic mass is 9.94. The van der Waals surface area contributed by atoms with Gasteiger partial charge in [0, 0.05) is 6.42 Å². The Morgan fingerprint density at radius 2 is 1.94 bits per heavy atom. The molecule has 0 bridgehead atoms. The van der Waals surface area contributed by atoms with Crippen LogP contribution in [0.2, 0.25) is 0 Å². The van der Waals surface area contributed by atoms with Crippen molar-refractivity contribution in [1.29, 1.82) is 0 Å². The van der Waals surface area contributed by atoms with Crippen LogP contribution in [0.25, 0.3) is 0 Å². The van der Waals surface area contributed by atoms with Crippen LogP contribution < -0.4 is 11.1 Å². The third-order valence-corrected chi connectivity index (χ3v) is 2.43. The number of carboxylic acid groups (broad SMARTS) is 1. The van der Waals surface area contributed by atoms with Gasteiger partial charge in [-0.15, -0.1) is 0 Å². The summed E-state index contributed by atoms with van der Waals surface area (Å²) in [6.45, 7) is 3.85. The number of carbonyl (C=O) groups is 2. The van der Waals surface area contributed by atoms with Gasteiger partial charge in [-0.3, -0.25) is 4.79 Å². The van der Waals surface area contributed by atoms with E-state index in [1.807, 2.05) is 13.8 Å². The van der Waals surface area contributed by atoms with Crippen molar-refractivity contribution in [2.75, 3.05) is 13.2 Å². The Balaban J connectivity index is 4.18. The van der Waals surface area contributed by atoms with Crippen LogP contribution in [0.15, 0.2) is 0 Å². The molecule has 2 atom stereocenters. The van der Waals surface area contributed by atoms with Crippen molar-refractivity contribution in [2.24, 2.45) is 17.6 Å². The minimum Gasteiger partial charge on any atom is -0.480 e. The number of hydrogen-bond donors (Lipinski definition) is 4. The molecule has 0 saturated carbocycles. The number of nitrogens with one attached hydrogen (secondary N) is 1. The number of aliphatic carboxylic acids is 1. The number of rotatable bonds is 8. The molecule has 6 heteroatoms. The Labute approximate surface area is 101 Å². The zero-order valence-electron chi connectivity index (χ0n) is 10.3. The first-order chi connectivity index (χ1) is 7.90. The van der Waals surface area contributed by atoms with Gasteiger partial charge in [0.2, 0.25) is 5.91 Å². The molecule has 0 rings (SSSR count). The monoisotopic (exact) mass is 246 g/mol. The molecular formula is C11H22N2O4. The fourth-order valence-electron chi connectivity index (χ4n) is 1.63. The van der Waals surface area contributed by atoms with Gasteiger partial charge >= 0.3 is 5.97 Å². The normalized spacial score (nSPS) is 14.4. The SMILES string of the molecule is CC(C)C[C@H](CN)CC(=O)N[C@H](CO)C(=O)O. The molecular weight excluding hydrogens is 224 g/mol. The predicted molar refractivity (Wildman–Crippen MR) is 63.3 cm³/mol. The summed E-state index contributed by atoms with van der Waals surface area (Å²) in [4.78, 5) is 22.1. The molecule has 0 heterocycles. The van der Waals surface area contributed by atoms with Crippen LogP contribution in [0.3, 0.4) is 0 Å². The minimum atomic E-state index is -1.24. The lowest BCUT2D eigenvalue weighted by molar-refractivity contribution is -0.143. The van der Waals surface area contributed by atoms with Crippen molar-refractivity contribution in [2.45, 2.75) is 32.7 Å². The van der Waals surface area contributed by atoms with Gasteiger partial charge in [-0.05, 0) is 24.8 Å². The summed E-state index contributed by atoms with van der Waals surface area (Å²) >= 11 is 0. The molecule has 0 saturated heterocycles.